The number of benzene rings is 1. The van der Waals surface area contributed by atoms with Gasteiger partial charge in [0.1, 0.15) is 0 Å². The van der Waals surface area contributed by atoms with Crippen molar-refractivity contribution in [1.29, 1.82) is 0 Å². The minimum atomic E-state index is 0.493. The molecule has 0 amide bonds. The van der Waals surface area contributed by atoms with E-state index in [1.54, 1.807) is 0 Å². The van der Waals surface area contributed by atoms with Crippen LogP contribution >= 0.6 is 8.58 Å². The van der Waals surface area contributed by atoms with E-state index in [-0.39, 0.29) is 0 Å². The Hall–Kier alpha value is -0.350. The topological polar surface area (TPSA) is 0 Å². The maximum absolute atomic E-state index is 2.31. The molecule has 0 heterocycles. The van der Waals surface area contributed by atoms with E-state index in [2.05, 4.69) is 51.1 Å². The zero-order valence-corrected chi connectivity index (χ0v) is 9.80. The molecule has 0 aliphatic heterocycles. The molecule has 1 heteroatoms. The van der Waals surface area contributed by atoms with Crippen molar-refractivity contribution in [2.45, 2.75) is 26.9 Å². The summed E-state index contributed by atoms with van der Waals surface area (Å²) in [5.41, 5.74) is 1.97. The van der Waals surface area contributed by atoms with Gasteiger partial charge < -0.3 is 0 Å². The molecule has 1 unspecified atom stereocenters. The Balaban J connectivity index is 2.29. The summed E-state index contributed by atoms with van der Waals surface area (Å²) in [5, 5.41) is 0. The molecule has 0 spiro atoms. The molecule has 13 heavy (non-hydrogen) atoms. The van der Waals surface area contributed by atoms with E-state index >= 15 is 0 Å². The highest BCUT2D eigenvalue weighted by Crippen LogP contribution is 2.27. The predicted molar refractivity (Wildman–Crippen MR) is 62.8 cm³/mol. The maximum Gasteiger partial charge on any atom is -0.0100 e. The minimum absolute atomic E-state index is 0.493. The summed E-state index contributed by atoms with van der Waals surface area (Å²) in [7, 11) is 1.06. The molecule has 0 nitrogen and oxygen atoms in total. The Morgan fingerprint density at radius 3 is 2.23 bits per heavy atom. The van der Waals surface area contributed by atoms with Crippen LogP contribution in [0.1, 0.15) is 26.3 Å². The van der Waals surface area contributed by atoms with Crippen molar-refractivity contribution in [2.24, 2.45) is 5.41 Å². The zero-order valence-electron chi connectivity index (χ0n) is 8.80. The van der Waals surface area contributed by atoms with Gasteiger partial charge in [0.2, 0.25) is 0 Å². The molecule has 1 aromatic carbocycles. The van der Waals surface area contributed by atoms with Crippen LogP contribution in [0.3, 0.4) is 0 Å². The SMILES string of the molecule is CC(C)(C)CPCc1ccccc1. The Kier molecular flexibility index (Phi) is 3.93. The van der Waals surface area contributed by atoms with Gasteiger partial charge in [-0.2, -0.15) is 0 Å². The third kappa shape index (κ3) is 5.05. The molecule has 0 saturated carbocycles. The summed E-state index contributed by atoms with van der Waals surface area (Å²) >= 11 is 0. The fourth-order valence-electron chi connectivity index (χ4n) is 1.18. The van der Waals surface area contributed by atoms with Gasteiger partial charge in [-0.1, -0.05) is 51.1 Å². The fraction of sp³-hybridized carbons (Fsp3) is 0.500. The summed E-state index contributed by atoms with van der Waals surface area (Å²) in [4.78, 5) is 0. The highest BCUT2D eigenvalue weighted by molar-refractivity contribution is 7.37. The van der Waals surface area contributed by atoms with Crippen molar-refractivity contribution in [3.8, 4) is 0 Å². The zero-order chi connectivity index (χ0) is 9.73. The second-order valence-corrected chi connectivity index (χ2v) is 5.86. The average Bonchev–Trinajstić information content (AvgIpc) is 2.04. The normalized spacial score (nSPS) is 12.5. The molecule has 0 bridgehead atoms. The fourth-order valence-corrected chi connectivity index (χ4v) is 2.58. The van der Waals surface area contributed by atoms with E-state index < -0.39 is 0 Å². The van der Waals surface area contributed by atoms with Crippen LogP contribution in [0.4, 0.5) is 0 Å². The molecule has 72 valence electrons. The van der Waals surface area contributed by atoms with Gasteiger partial charge in [0.15, 0.2) is 0 Å². The third-order valence-corrected chi connectivity index (χ3v) is 3.80. The van der Waals surface area contributed by atoms with Crippen molar-refractivity contribution >= 4 is 8.58 Å². The monoisotopic (exact) mass is 194 g/mol. The lowest BCUT2D eigenvalue weighted by atomic mass is 10.0. The van der Waals surface area contributed by atoms with Gasteiger partial charge in [0.25, 0.3) is 0 Å². The first kappa shape index (κ1) is 10.7. The molecule has 0 aliphatic rings. The number of hydrogen-bond acceptors (Lipinski definition) is 0. The van der Waals surface area contributed by atoms with Gasteiger partial charge >= 0.3 is 0 Å². The van der Waals surface area contributed by atoms with Crippen molar-refractivity contribution < 1.29 is 0 Å². The first-order valence-electron chi connectivity index (χ1n) is 4.82. The van der Waals surface area contributed by atoms with E-state index in [0.717, 1.165) is 8.58 Å². The second-order valence-electron chi connectivity index (χ2n) is 4.65. The average molecular weight is 194 g/mol. The molecular formula is C12H19P. The summed E-state index contributed by atoms with van der Waals surface area (Å²) in [6.45, 7) is 6.93. The predicted octanol–water partition coefficient (Wildman–Crippen LogP) is 3.91. The van der Waals surface area contributed by atoms with Crippen molar-refractivity contribution in [3.63, 3.8) is 0 Å². The first-order valence-corrected chi connectivity index (χ1v) is 6.24. The quantitative estimate of drug-likeness (QED) is 0.640. The van der Waals surface area contributed by atoms with Crippen LogP contribution in [-0.4, -0.2) is 6.16 Å². The van der Waals surface area contributed by atoms with Crippen LogP contribution in [0.25, 0.3) is 0 Å². The van der Waals surface area contributed by atoms with Crippen molar-refractivity contribution in [2.75, 3.05) is 6.16 Å². The van der Waals surface area contributed by atoms with Crippen LogP contribution < -0.4 is 0 Å². The van der Waals surface area contributed by atoms with Crippen LogP contribution in [0.5, 0.6) is 0 Å². The van der Waals surface area contributed by atoms with E-state index in [1.807, 2.05) is 0 Å². The number of hydrogen-bond donors (Lipinski definition) is 0. The van der Waals surface area contributed by atoms with Gasteiger partial charge in [-0.3, -0.25) is 0 Å². The molecule has 1 rings (SSSR count). The molecule has 0 fully saturated rings. The highest BCUT2D eigenvalue weighted by atomic mass is 31.1. The summed E-state index contributed by atoms with van der Waals surface area (Å²) < 4.78 is 0. The summed E-state index contributed by atoms with van der Waals surface area (Å²) in [6, 6.07) is 10.8. The van der Waals surface area contributed by atoms with E-state index in [4.69, 9.17) is 0 Å². The maximum atomic E-state index is 2.31. The first-order chi connectivity index (χ1) is 6.08. The Labute approximate surface area is 83.5 Å². The van der Waals surface area contributed by atoms with Crippen LogP contribution in [-0.2, 0) is 6.16 Å². The number of rotatable bonds is 3. The van der Waals surface area contributed by atoms with Gasteiger partial charge in [-0.05, 0) is 23.3 Å². The summed E-state index contributed by atoms with van der Waals surface area (Å²) in [6.07, 6.45) is 2.58. The van der Waals surface area contributed by atoms with E-state index in [0.29, 0.717) is 5.41 Å². The van der Waals surface area contributed by atoms with Crippen LogP contribution in [0.2, 0.25) is 0 Å². The van der Waals surface area contributed by atoms with Gasteiger partial charge in [0.05, 0.1) is 0 Å². The molecule has 0 radical (unpaired) electrons. The lowest BCUT2D eigenvalue weighted by molar-refractivity contribution is 0.478. The molecule has 0 saturated heterocycles. The minimum Gasteiger partial charge on any atom is -0.117 e. The second kappa shape index (κ2) is 4.77. The van der Waals surface area contributed by atoms with Gasteiger partial charge in [0, 0.05) is 0 Å². The van der Waals surface area contributed by atoms with Crippen LogP contribution in [0, 0.1) is 5.41 Å². The summed E-state index contributed by atoms with van der Waals surface area (Å²) in [5.74, 6) is 0. The molecule has 1 aromatic rings. The standard InChI is InChI=1S/C12H19P/c1-12(2,3)10-13-9-11-7-5-4-6-8-11/h4-8,13H,9-10H2,1-3H3. The molecule has 1 atom stereocenters. The van der Waals surface area contributed by atoms with Crippen molar-refractivity contribution in [3.05, 3.63) is 35.9 Å². The van der Waals surface area contributed by atoms with Crippen molar-refractivity contribution in [1.82, 2.24) is 0 Å². The lowest BCUT2D eigenvalue weighted by Gasteiger charge is -2.17. The Morgan fingerprint density at radius 1 is 1.08 bits per heavy atom. The smallest absolute Gasteiger partial charge is 0.0100 e. The molecule has 0 N–H and O–H groups in total. The third-order valence-electron chi connectivity index (χ3n) is 1.83. The largest absolute Gasteiger partial charge is 0.117 e. The lowest BCUT2D eigenvalue weighted by Crippen LogP contribution is -2.07. The molecular weight excluding hydrogens is 175 g/mol. The highest BCUT2D eigenvalue weighted by Gasteiger charge is 2.08. The van der Waals surface area contributed by atoms with Gasteiger partial charge in [-0.25, -0.2) is 0 Å². The Bertz CT molecular complexity index is 233. The van der Waals surface area contributed by atoms with E-state index in [1.165, 1.54) is 17.9 Å². The van der Waals surface area contributed by atoms with Gasteiger partial charge in [-0.15, -0.1) is 8.58 Å². The molecule has 0 aliphatic carbocycles. The van der Waals surface area contributed by atoms with E-state index in [9.17, 15) is 0 Å². The van der Waals surface area contributed by atoms with Crippen LogP contribution in [0.15, 0.2) is 30.3 Å². The Morgan fingerprint density at radius 2 is 1.69 bits per heavy atom. The molecule has 0 aromatic heterocycles.